The van der Waals surface area contributed by atoms with Gasteiger partial charge in [0, 0.05) is 6.42 Å². The zero-order valence-electron chi connectivity index (χ0n) is 13.8. The highest BCUT2D eigenvalue weighted by Crippen LogP contribution is 2.40. The number of esters is 1. The zero-order valence-corrected chi connectivity index (χ0v) is 13.8. The fourth-order valence-corrected chi connectivity index (χ4v) is 3.74. The van der Waals surface area contributed by atoms with Gasteiger partial charge in [-0.3, -0.25) is 4.79 Å². The highest BCUT2D eigenvalue weighted by atomic mass is 16.5. The van der Waals surface area contributed by atoms with Crippen LogP contribution >= 0.6 is 0 Å². The van der Waals surface area contributed by atoms with E-state index in [1.165, 1.54) is 51.4 Å². The molecule has 0 aliphatic heterocycles. The third kappa shape index (κ3) is 6.28. The summed E-state index contributed by atoms with van der Waals surface area (Å²) < 4.78 is 5.11. The summed E-state index contributed by atoms with van der Waals surface area (Å²) in [7, 11) is 0. The average Bonchev–Trinajstić information content (AvgIpc) is 2.90. The first kappa shape index (κ1) is 17.5. The monoisotopic (exact) mass is 282 g/mol. The van der Waals surface area contributed by atoms with Gasteiger partial charge in [0.2, 0.25) is 0 Å². The fraction of sp³-hybridized carbons (Fsp3) is 0.944. The van der Waals surface area contributed by atoms with E-state index in [0.29, 0.717) is 18.9 Å². The van der Waals surface area contributed by atoms with E-state index in [0.717, 1.165) is 18.3 Å². The molecule has 1 fully saturated rings. The molecule has 1 aliphatic carbocycles. The van der Waals surface area contributed by atoms with Gasteiger partial charge in [-0.2, -0.15) is 0 Å². The van der Waals surface area contributed by atoms with Crippen LogP contribution in [0.1, 0.15) is 85.0 Å². The molecule has 118 valence electrons. The Balaban J connectivity index is 2.27. The van der Waals surface area contributed by atoms with Gasteiger partial charge in [0.1, 0.15) is 0 Å². The minimum absolute atomic E-state index is 0.00532. The third-order valence-corrected chi connectivity index (χ3v) is 4.97. The van der Waals surface area contributed by atoms with Crippen molar-refractivity contribution < 1.29 is 9.53 Å². The summed E-state index contributed by atoms with van der Waals surface area (Å²) in [6.07, 6.45) is 12.7. The summed E-state index contributed by atoms with van der Waals surface area (Å²) in [4.78, 5) is 11.7. The SMILES string of the molecule is CCCCCCC1CCC(C(CC)CC(=O)OCC)C1. The predicted molar refractivity (Wildman–Crippen MR) is 84.6 cm³/mol. The molecular weight excluding hydrogens is 248 g/mol. The summed E-state index contributed by atoms with van der Waals surface area (Å²) in [6, 6.07) is 0. The Bertz CT molecular complexity index is 262. The Labute approximate surface area is 125 Å². The van der Waals surface area contributed by atoms with Crippen LogP contribution in [0.5, 0.6) is 0 Å². The summed E-state index contributed by atoms with van der Waals surface area (Å²) >= 11 is 0. The van der Waals surface area contributed by atoms with Crippen LogP contribution in [0.4, 0.5) is 0 Å². The zero-order chi connectivity index (χ0) is 14.8. The highest BCUT2D eigenvalue weighted by molar-refractivity contribution is 5.69. The molecule has 0 bridgehead atoms. The molecule has 0 aromatic heterocycles. The van der Waals surface area contributed by atoms with Gasteiger partial charge in [0.15, 0.2) is 0 Å². The minimum atomic E-state index is 0.00532. The van der Waals surface area contributed by atoms with Crippen molar-refractivity contribution >= 4 is 5.97 Å². The number of hydrogen-bond acceptors (Lipinski definition) is 2. The van der Waals surface area contributed by atoms with Crippen molar-refractivity contribution in [1.29, 1.82) is 0 Å². The maximum Gasteiger partial charge on any atom is 0.306 e. The second kappa shape index (κ2) is 10.2. The van der Waals surface area contributed by atoms with Gasteiger partial charge in [-0.05, 0) is 37.5 Å². The Morgan fingerprint density at radius 3 is 2.60 bits per heavy atom. The van der Waals surface area contributed by atoms with Gasteiger partial charge < -0.3 is 4.74 Å². The van der Waals surface area contributed by atoms with E-state index in [-0.39, 0.29) is 5.97 Å². The van der Waals surface area contributed by atoms with E-state index in [1.54, 1.807) is 0 Å². The Morgan fingerprint density at radius 1 is 1.15 bits per heavy atom. The van der Waals surface area contributed by atoms with Crippen LogP contribution in [-0.2, 0) is 9.53 Å². The number of rotatable bonds is 10. The number of hydrogen-bond donors (Lipinski definition) is 0. The van der Waals surface area contributed by atoms with Gasteiger partial charge in [0.05, 0.1) is 6.61 Å². The molecule has 0 N–H and O–H groups in total. The Morgan fingerprint density at radius 2 is 1.95 bits per heavy atom. The summed E-state index contributed by atoms with van der Waals surface area (Å²) in [5.41, 5.74) is 0. The van der Waals surface area contributed by atoms with Crippen molar-refractivity contribution in [3.05, 3.63) is 0 Å². The van der Waals surface area contributed by atoms with E-state index >= 15 is 0 Å². The lowest BCUT2D eigenvalue weighted by molar-refractivity contribution is -0.144. The standard InChI is InChI=1S/C18H34O2/c1-4-7-8-9-10-15-11-12-17(13-15)16(5-2)14-18(19)20-6-3/h15-17H,4-14H2,1-3H3. The molecule has 0 radical (unpaired) electrons. The molecule has 0 spiro atoms. The fourth-order valence-electron chi connectivity index (χ4n) is 3.74. The van der Waals surface area contributed by atoms with Gasteiger partial charge >= 0.3 is 5.97 Å². The average molecular weight is 282 g/mol. The number of ether oxygens (including phenoxy) is 1. The van der Waals surface area contributed by atoms with Crippen LogP contribution in [0.15, 0.2) is 0 Å². The summed E-state index contributed by atoms with van der Waals surface area (Å²) in [5, 5.41) is 0. The first-order valence-corrected chi connectivity index (χ1v) is 8.86. The molecule has 1 saturated carbocycles. The van der Waals surface area contributed by atoms with Crippen LogP contribution in [0.2, 0.25) is 0 Å². The quantitative estimate of drug-likeness (QED) is 0.398. The van der Waals surface area contributed by atoms with Gasteiger partial charge in [-0.1, -0.05) is 58.8 Å². The van der Waals surface area contributed by atoms with Gasteiger partial charge in [-0.15, -0.1) is 0 Å². The summed E-state index contributed by atoms with van der Waals surface area (Å²) in [5.74, 6) is 2.24. The molecule has 0 amide bonds. The van der Waals surface area contributed by atoms with Crippen LogP contribution in [0, 0.1) is 17.8 Å². The van der Waals surface area contributed by atoms with E-state index in [4.69, 9.17) is 4.74 Å². The van der Waals surface area contributed by atoms with Crippen LogP contribution < -0.4 is 0 Å². The van der Waals surface area contributed by atoms with Crippen molar-refractivity contribution in [2.24, 2.45) is 17.8 Å². The van der Waals surface area contributed by atoms with Gasteiger partial charge in [0.25, 0.3) is 0 Å². The second-order valence-electron chi connectivity index (χ2n) is 6.47. The molecule has 2 heteroatoms. The first-order chi connectivity index (χ1) is 9.71. The molecular formula is C18H34O2. The molecule has 1 rings (SSSR count). The number of carbonyl (C=O) groups excluding carboxylic acids is 1. The van der Waals surface area contributed by atoms with E-state index in [2.05, 4.69) is 13.8 Å². The lowest BCUT2D eigenvalue weighted by atomic mass is 9.85. The van der Waals surface area contributed by atoms with Crippen LogP contribution in [-0.4, -0.2) is 12.6 Å². The Hall–Kier alpha value is -0.530. The molecule has 0 aromatic rings. The van der Waals surface area contributed by atoms with Crippen molar-refractivity contribution in [3.8, 4) is 0 Å². The first-order valence-electron chi connectivity index (χ1n) is 8.86. The lowest BCUT2D eigenvalue weighted by Crippen LogP contribution is -2.17. The second-order valence-corrected chi connectivity index (χ2v) is 6.47. The van der Waals surface area contributed by atoms with E-state index in [9.17, 15) is 4.79 Å². The molecule has 2 nitrogen and oxygen atoms in total. The maximum absolute atomic E-state index is 11.7. The van der Waals surface area contributed by atoms with E-state index < -0.39 is 0 Å². The topological polar surface area (TPSA) is 26.3 Å². The smallest absolute Gasteiger partial charge is 0.306 e. The largest absolute Gasteiger partial charge is 0.466 e. The van der Waals surface area contributed by atoms with Crippen molar-refractivity contribution in [2.75, 3.05) is 6.61 Å². The Kier molecular flexibility index (Phi) is 8.97. The summed E-state index contributed by atoms with van der Waals surface area (Å²) in [6.45, 7) is 6.89. The normalized spacial score (nSPS) is 23.8. The molecule has 0 heterocycles. The predicted octanol–water partition coefficient (Wildman–Crippen LogP) is 5.35. The van der Waals surface area contributed by atoms with Crippen molar-refractivity contribution in [1.82, 2.24) is 0 Å². The van der Waals surface area contributed by atoms with Crippen LogP contribution in [0.25, 0.3) is 0 Å². The number of carbonyl (C=O) groups is 1. The van der Waals surface area contributed by atoms with Gasteiger partial charge in [-0.25, -0.2) is 0 Å². The maximum atomic E-state index is 11.7. The molecule has 1 aliphatic rings. The number of unbranched alkanes of at least 4 members (excludes halogenated alkanes) is 3. The molecule has 0 saturated heterocycles. The molecule has 0 aromatic carbocycles. The van der Waals surface area contributed by atoms with E-state index in [1.807, 2.05) is 6.92 Å². The minimum Gasteiger partial charge on any atom is -0.466 e. The highest BCUT2D eigenvalue weighted by Gasteiger charge is 2.30. The third-order valence-electron chi connectivity index (χ3n) is 4.97. The van der Waals surface area contributed by atoms with Crippen LogP contribution in [0.3, 0.4) is 0 Å². The molecule has 3 unspecified atom stereocenters. The van der Waals surface area contributed by atoms with Crippen molar-refractivity contribution in [2.45, 2.75) is 85.0 Å². The molecule has 20 heavy (non-hydrogen) atoms. The molecule has 3 atom stereocenters. The van der Waals surface area contributed by atoms with Crippen molar-refractivity contribution in [3.63, 3.8) is 0 Å². The lowest BCUT2D eigenvalue weighted by Gasteiger charge is -2.21.